The number of amides is 1. The number of hydrogen-bond acceptors (Lipinski definition) is 3. The SMILES string of the molecule is CNC(C)(C)C(=O)NC(C)Cc1ccsc1. The molecule has 0 aliphatic carbocycles. The van der Waals surface area contributed by atoms with E-state index in [0.29, 0.717) is 0 Å². The van der Waals surface area contributed by atoms with Gasteiger partial charge in [0.25, 0.3) is 0 Å². The number of rotatable bonds is 5. The molecule has 4 heteroatoms. The molecule has 0 aromatic carbocycles. The predicted octanol–water partition coefficient (Wildman–Crippen LogP) is 1.79. The Hall–Kier alpha value is -0.870. The quantitative estimate of drug-likeness (QED) is 0.824. The molecule has 0 radical (unpaired) electrons. The minimum atomic E-state index is -0.511. The molecule has 1 unspecified atom stereocenters. The van der Waals surface area contributed by atoms with Crippen molar-refractivity contribution in [2.24, 2.45) is 0 Å². The molecule has 1 atom stereocenters. The summed E-state index contributed by atoms with van der Waals surface area (Å²) in [5.41, 5.74) is 0.767. The fraction of sp³-hybridized carbons (Fsp3) is 0.583. The van der Waals surface area contributed by atoms with Gasteiger partial charge in [0, 0.05) is 6.04 Å². The Labute approximate surface area is 101 Å². The lowest BCUT2D eigenvalue weighted by Gasteiger charge is -2.25. The van der Waals surface area contributed by atoms with Gasteiger partial charge < -0.3 is 10.6 Å². The fourth-order valence-electron chi connectivity index (χ4n) is 1.33. The summed E-state index contributed by atoms with van der Waals surface area (Å²) in [4.78, 5) is 11.9. The van der Waals surface area contributed by atoms with E-state index in [9.17, 15) is 4.79 Å². The number of carbonyl (C=O) groups excluding carboxylic acids is 1. The lowest BCUT2D eigenvalue weighted by Crippen LogP contribution is -2.53. The molecule has 1 aromatic rings. The van der Waals surface area contributed by atoms with Gasteiger partial charge in [0.15, 0.2) is 0 Å². The third kappa shape index (κ3) is 3.61. The number of hydrogen-bond donors (Lipinski definition) is 2. The predicted molar refractivity (Wildman–Crippen MR) is 68.8 cm³/mol. The molecular formula is C12H20N2OS. The van der Waals surface area contributed by atoms with E-state index in [0.717, 1.165) is 6.42 Å². The highest BCUT2D eigenvalue weighted by Crippen LogP contribution is 2.09. The zero-order valence-corrected chi connectivity index (χ0v) is 11.1. The molecular weight excluding hydrogens is 220 g/mol. The van der Waals surface area contributed by atoms with Gasteiger partial charge in [-0.1, -0.05) is 0 Å². The van der Waals surface area contributed by atoms with E-state index in [1.54, 1.807) is 18.4 Å². The summed E-state index contributed by atoms with van der Waals surface area (Å²) in [5, 5.41) is 10.2. The average molecular weight is 240 g/mol. The summed E-state index contributed by atoms with van der Waals surface area (Å²) in [7, 11) is 1.79. The molecule has 0 spiro atoms. The lowest BCUT2D eigenvalue weighted by molar-refractivity contribution is -0.126. The van der Waals surface area contributed by atoms with Gasteiger partial charge in [0.1, 0.15) is 0 Å². The van der Waals surface area contributed by atoms with Gasteiger partial charge in [-0.05, 0) is 56.6 Å². The molecule has 1 aromatic heterocycles. The van der Waals surface area contributed by atoms with Crippen LogP contribution in [0.25, 0.3) is 0 Å². The van der Waals surface area contributed by atoms with Crippen LogP contribution in [-0.4, -0.2) is 24.5 Å². The first-order chi connectivity index (χ1) is 7.45. The summed E-state index contributed by atoms with van der Waals surface area (Å²) in [6, 6.07) is 2.26. The van der Waals surface area contributed by atoms with Crippen molar-refractivity contribution >= 4 is 17.2 Å². The molecule has 0 saturated heterocycles. The number of likely N-dealkylation sites (N-methyl/N-ethyl adjacent to an activating group) is 1. The summed E-state index contributed by atoms with van der Waals surface area (Å²) in [6.45, 7) is 5.78. The molecule has 0 aliphatic heterocycles. The molecule has 3 nitrogen and oxygen atoms in total. The highest BCUT2D eigenvalue weighted by atomic mass is 32.1. The van der Waals surface area contributed by atoms with Gasteiger partial charge in [0.05, 0.1) is 5.54 Å². The molecule has 1 rings (SSSR count). The van der Waals surface area contributed by atoms with E-state index in [2.05, 4.69) is 27.5 Å². The van der Waals surface area contributed by atoms with Crippen molar-refractivity contribution in [3.8, 4) is 0 Å². The maximum atomic E-state index is 11.9. The van der Waals surface area contributed by atoms with Crippen LogP contribution in [-0.2, 0) is 11.2 Å². The van der Waals surface area contributed by atoms with Crippen LogP contribution in [0.5, 0.6) is 0 Å². The first-order valence-electron chi connectivity index (χ1n) is 5.46. The Balaban J connectivity index is 2.46. The zero-order chi connectivity index (χ0) is 12.2. The largest absolute Gasteiger partial charge is 0.352 e. The maximum Gasteiger partial charge on any atom is 0.239 e. The Morgan fingerprint density at radius 3 is 2.75 bits per heavy atom. The van der Waals surface area contributed by atoms with Crippen LogP contribution in [0.3, 0.4) is 0 Å². The number of carbonyl (C=O) groups is 1. The highest BCUT2D eigenvalue weighted by Gasteiger charge is 2.26. The summed E-state index contributed by atoms with van der Waals surface area (Å²) in [6.07, 6.45) is 0.884. The minimum Gasteiger partial charge on any atom is -0.352 e. The molecule has 1 heterocycles. The Bertz CT molecular complexity index is 333. The van der Waals surface area contributed by atoms with E-state index in [1.165, 1.54) is 5.56 Å². The number of thiophene rings is 1. The normalized spacial score (nSPS) is 13.5. The molecule has 90 valence electrons. The highest BCUT2D eigenvalue weighted by molar-refractivity contribution is 7.07. The number of nitrogens with one attached hydrogen (secondary N) is 2. The second-order valence-electron chi connectivity index (χ2n) is 4.59. The first-order valence-corrected chi connectivity index (χ1v) is 6.41. The fourth-order valence-corrected chi connectivity index (χ4v) is 2.01. The first kappa shape index (κ1) is 13.2. The topological polar surface area (TPSA) is 41.1 Å². The van der Waals surface area contributed by atoms with Gasteiger partial charge in [-0.25, -0.2) is 0 Å². The van der Waals surface area contributed by atoms with Crippen molar-refractivity contribution in [1.29, 1.82) is 0 Å². The Morgan fingerprint density at radius 2 is 2.25 bits per heavy atom. The Kier molecular flexibility index (Phi) is 4.50. The van der Waals surface area contributed by atoms with Crippen molar-refractivity contribution in [1.82, 2.24) is 10.6 Å². The lowest BCUT2D eigenvalue weighted by atomic mass is 10.0. The van der Waals surface area contributed by atoms with E-state index >= 15 is 0 Å². The van der Waals surface area contributed by atoms with E-state index in [1.807, 2.05) is 20.8 Å². The minimum absolute atomic E-state index is 0.0396. The van der Waals surface area contributed by atoms with Gasteiger partial charge in [0.2, 0.25) is 5.91 Å². The molecule has 16 heavy (non-hydrogen) atoms. The van der Waals surface area contributed by atoms with Crippen LogP contribution < -0.4 is 10.6 Å². The summed E-state index contributed by atoms with van der Waals surface area (Å²) < 4.78 is 0. The van der Waals surface area contributed by atoms with E-state index in [-0.39, 0.29) is 11.9 Å². The van der Waals surface area contributed by atoms with Crippen molar-refractivity contribution in [2.75, 3.05) is 7.05 Å². The Morgan fingerprint density at radius 1 is 1.56 bits per heavy atom. The van der Waals surface area contributed by atoms with Crippen LogP contribution in [0, 0.1) is 0 Å². The van der Waals surface area contributed by atoms with Crippen molar-refractivity contribution in [3.05, 3.63) is 22.4 Å². The van der Waals surface area contributed by atoms with Gasteiger partial charge in [-0.15, -0.1) is 0 Å². The van der Waals surface area contributed by atoms with Crippen LogP contribution >= 0.6 is 11.3 Å². The van der Waals surface area contributed by atoms with Gasteiger partial charge in [-0.3, -0.25) is 4.79 Å². The van der Waals surface area contributed by atoms with Crippen molar-refractivity contribution < 1.29 is 4.79 Å². The second-order valence-corrected chi connectivity index (χ2v) is 5.37. The average Bonchev–Trinajstić information content (AvgIpc) is 2.70. The van der Waals surface area contributed by atoms with Gasteiger partial charge >= 0.3 is 0 Å². The third-order valence-corrected chi connectivity index (χ3v) is 3.42. The molecule has 0 fully saturated rings. The molecule has 0 aliphatic rings. The van der Waals surface area contributed by atoms with Crippen LogP contribution in [0.15, 0.2) is 16.8 Å². The van der Waals surface area contributed by atoms with Crippen LogP contribution in [0.2, 0.25) is 0 Å². The van der Waals surface area contributed by atoms with Crippen molar-refractivity contribution in [2.45, 2.75) is 38.8 Å². The summed E-state index contributed by atoms with van der Waals surface area (Å²) in [5.74, 6) is 0.0396. The molecule has 2 N–H and O–H groups in total. The third-order valence-electron chi connectivity index (χ3n) is 2.69. The van der Waals surface area contributed by atoms with Crippen LogP contribution in [0.4, 0.5) is 0 Å². The zero-order valence-electron chi connectivity index (χ0n) is 10.3. The smallest absolute Gasteiger partial charge is 0.239 e. The molecule has 0 bridgehead atoms. The van der Waals surface area contributed by atoms with Crippen LogP contribution in [0.1, 0.15) is 26.3 Å². The van der Waals surface area contributed by atoms with E-state index < -0.39 is 5.54 Å². The summed E-state index contributed by atoms with van der Waals surface area (Å²) >= 11 is 1.69. The monoisotopic (exact) mass is 240 g/mol. The maximum absolute atomic E-state index is 11.9. The van der Waals surface area contributed by atoms with Crippen molar-refractivity contribution in [3.63, 3.8) is 0 Å². The standard InChI is InChI=1S/C12H20N2OS/c1-9(7-10-5-6-16-8-10)14-11(15)12(2,3)13-4/h5-6,8-9,13H,7H2,1-4H3,(H,14,15). The van der Waals surface area contributed by atoms with E-state index in [4.69, 9.17) is 0 Å². The molecule has 0 saturated carbocycles. The van der Waals surface area contributed by atoms with Gasteiger partial charge in [-0.2, -0.15) is 11.3 Å². The molecule has 1 amide bonds. The second kappa shape index (κ2) is 5.46.